The SMILES string of the molecule is COCc1cccc(C(=O)NCC2(N3CCOCC3)CCCCC2)c1. The van der Waals surface area contributed by atoms with E-state index < -0.39 is 0 Å². The van der Waals surface area contributed by atoms with E-state index in [0.717, 1.165) is 51.3 Å². The second-order valence-corrected chi connectivity index (χ2v) is 7.20. The minimum Gasteiger partial charge on any atom is -0.380 e. The number of carbonyl (C=O) groups is 1. The fourth-order valence-electron chi connectivity index (χ4n) is 4.17. The first-order chi connectivity index (χ1) is 12.2. The zero-order valence-electron chi connectivity index (χ0n) is 15.3. The Morgan fingerprint density at radius 1 is 1.24 bits per heavy atom. The number of methoxy groups -OCH3 is 1. The van der Waals surface area contributed by atoms with Gasteiger partial charge in [0.2, 0.25) is 0 Å². The molecule has 1 saturated heterocycles. The molecule has 1 heterocycles. The van der Waals surface area contributed by atoms with Gasteiger partial charge in [0.1, 0.15) is 0 Å². The van der Waals surface area contributed by atoms with Crippen molar-refractivity contribution in [1.82, 2.24) is 10.2 Å². The molecule has 1 N–H and O–H groups in total. The minimum atomic E-state index is 0.0103. The molecule has 0 unspecified atom stereocenters. The van der Waals surface area contributed by atoms with E-state index in [1.54, 1.807) is 7.11 Å². The Kier molecular flexibility index (Phi) is 6.45. The van der Waals surface area contributed by atoms with E-state index in [2.05, 4.69) is 10.2 Å². The van der Waals surface area contributed by atoms with Crippen molar-refractivity contribution >= 4 is 5.91 Å². The van der Waals surface area contributed by atoms with Crippen molar-refractivity contribution in [3.8, 4) is 0 Å². The van der Waals surface area contributed by atoms with Gasteiger partial charge in [0.05, 0.1) is 19.8 Å². The van der Waals surface area contributed by atoms with Crippen LogP contribution in [0.5, 0.6) is 0 Å². The monoisotopic (exact) mass is 346 g/mol. The van der Waals surface area contributed by atoms with Crippen LogP contribution in [0.25, 0.3) is 0 Å². The van der Waals surface area contributed by atoms with E-state index in [-0.39, 0.29) is 11.4 Å². The van der Waals surface area contributed by atoms with E-state index in [1.807, 2.05) is 24.3 Å². The highest BCUT2D eigenvalue weighted by atomic mass is 16.5. The smallest absolute Gasteiger partial charge is 0.251 e. The summed E-state index contributed by atoms with van der Waals surface area (Å²) in [6.07, 6.45) is 6.13. The maximum atomic E-state index is 12.7. The molecule has 25 heavy (non-hydrogen) atoms. The van der Waals surface area contributed by atoms with Gasteiger partial charge in [-0.1, -0.05) is 31.4 Å². The molecule has 0 aromatic heterocycles. The molecular formula is C20H30N2O3. The summed E-state index contributed by atoms with van der Waals surface area (Å²) in [4.78, 5) is 15.2. The molecule has 1 amide bonds. The molecule has 0 radical (unpaired) electrons. The van der Waals surface area contributed by atoms with Gasteiger partial charge in [0, 0.05) is 37.8 Å². The Balaban J connectivity index is 1.66. The highest BCUT2D eigenvalue weighted by molar-refractivity contribution is 5.94. The predicted octanol–water partition coefficient (Wildman–Crippen LogP) is 2.60. The van der Waals surface area contributed by atoms with Gasteiger partial charge in [0.25, 0.3) is 5.91 Å². The number of nitrogens with zero attached hydrogens (tertiary/aromatic N) is 1. The van der Waals surface area contributed by atoms with Crippen LogP contribution in [0, 0.1) is 0 Å². The van der Waals surface area contributed by atoms with Crippen molar-refractivity contribution in [2.24, 2.45) is 0 Å². The lowest BCUT2D eigenvalue weighted by Gasteiger charge is -2.48. The summed E-state index contributed by atoms with van der Waals surface area (Å²) >= 11 is 0. The van der Waals surface area contributed by atoms with E-state index in [1.165, 1.54) is 19.3 Å². The Morgan fingerprint density at radius 2 is 2.00 bits per heavy atom. The number of hydrogen-bond donors (Lipinski definition) is 1. The van der Waals surface area contributed by atoms with Crippen molar-refractivity contribution in [3.63, 3.8) is 0 Å². The molecule has 2 aliphatic rings. The zero-order valence-corrected chi connectivity index (χ0v) is 15.3. The van der Waals surface area contributed by atoms with Crippen LogP contribution in [0.1, 0.15) is 48.0 Å². The van der Waals surface area contributed by atoms with Crippen LogP contribution in [0.15, 0.2) is 24.3 Å². The first-order valence-corrected chi connectivity index (χ1v) is 9.42. The van der Waals surface area contributed by atoms with E-state index in [9.17, 15) is 4.79 Å². The standard InChI is InChI=1S/C20H30N2O3/c1-24-15-17-6-5-7-18(14-17)19(23)21-16-20(8-3-2-4-9-20)22-10-12-25-13-11-22/h5-7,14H,2-4,8-13,15-16H2,1H3,(H,21,23). The van der Waals surface area contributed by atoms with Crippen molar-refractivity contribution < 1.29 is 14.3 Å². The summed E-state index contributed by atoms with van der Waals surface area (Å²) in [5, 5.41) is 3.21. The largest absolute Gasteiger partial charge is 0.380 e. The fraction of sp³-hybridized carbons (Fsp3) is 0.650. The zero-order chi connectivity index (χ0) is 17.5. The van der Waals surface area contributed by atoms with Gasteiger partial charge in [-0.3, -0.25) is 9.69 Å². The number of morpholine rings is 1. The van der Waals surface area contributed by atoms with Crippen molar-refractivity contribution in [3.05, 3.63) is 35.4 Å². The number of nitrogens with one attached hydrogen (secondary N) is 1. The van der Waals surface area contributed by atoms with Crippen LogP contribution in [0.2, 0.25) is 0 Å². The number of benzene rings is 1. The first kappa shape index (κ1) is 18.4. The Bertz CT molecular complexity index is 564. The number of amides is 1. The summed E-state index contributed by atoms with van der Waals surface area (Å²) in [7, 11) is 1.67. The van der Waals surface area contributed by atoms with Crippen LogP contribution in [0.4, 0.5) is 0 Å². The molecular weight excluding hydrogens is 316 g/mol. The molecule has 0 atom stereocenters. The van der Waals surface area contributed by atoms with Gasteiger partial charge >= 0.3 is 0 Å². The molecule has 1 aliphatic heterocycles. The second-order valence-electron chi connectivity index (χ2n) is 7.20. The van der Waals surface area contributed by atoms with Crippen molar-refractivity contribution in [2.45, 2.75) is 44.2 Å². The summed E-state index contributed by atoms with van der Waals surface area (Å²) < 4.78 is 10.7. The fourth-order valence-corrected chi connectivity index (χ4v) is 4.17. The third kappa shape index (κ3) is 4.60. The van der Waals surface area contributed by atoms with Crippen molar-refractivity contribution in [1.29, 1.82) is 0 Å². The molecule has 1 aromatic carbocycles. The molecule has 138 valence electrons. The van der Waals surface area contributed by atoms with Gasteiger partial charge in [-0.05, 0) is 30.5 Å². The summed E-state index contributed by atoms with van der Waals surface area (Å²) in [6.45, 7) is 4.79. The van der Waals surface area contributed by atoms with Gasteiger partial charge in [-0.25, -0.2) is 0 Å². The van der Waals surface area contributed by atoms with Gasteiger partial charge < -0.3 is 14.8 Å². The van der Waals surface area contributed by atoms with E-state index >= 15 is 0 Å². The highest BCUT2D eigenvalue weighted by Crippen LogP contribution is 2.34. The normalized spacial score (nSPS) is 21.0. The number of hydrogen-bond acceptors (Lipinski definition) is 4. The minimum absolute atomic E-state index is 0.0103. The number of ether oxygens (including phenoxy) is 2. The molecule has 1 aliphatic carbocycles. The van der Waals surface area contributed by atoms with Gasteiger partial charge in [-0.15, -0.1) is 0 Å². The van der Waals surface area contributed by atoms with Crippen molar-refractivity contribution in [2.75, 3.05) is 40.0 Å². The predicted molar refractivity (Wildman–Crippen MR) is 97.7 cm³/mol. The summed E-state index contributed by atoms with van der Waals surface area (Å²) in [5.74, 6) is 0.0103. The van der Waals surface area contributed by atoms with E-state index in [0.29, 0.717) is 12.2 Å². The van der Waals surface area contributed by atoms with Crippen LogP contribution < -0.4 is 5.32 Å². The molecule has 5 heteroatoms. The lowest BCUT2D eigenvalue weighted by Crippen LogP contribution is -2.59. The third-order valence-electron chi connectivity index (χ3n) is 5.54. The third-order valence-corrected chi connectivity index (χ3v) is 5.54. The molecule has 3 rings (SSSR count). The van der Waals surface area contributed by atoms with E-state index in [4.69, 9.17) is 9.47 Å². The van der Waals surface area contributed by atoms with Crippen LogP contribution in [0.3, 0.4) is 0 Å². The average Bonchev–Trinajstić information content (AvgIpc) is 2.68. The highest BCUT2D eigenvalue weighted by Gasteiger charge is 2.38. The van der Waals surface area contributed by atoms with Crippen LogP contribution in [-0.4, -0.2) is 56.3 Å². The Labute approximate surface area is 150 Å². The van der Waals surface area contributed by atoms with Crippen LogP contribution >= 0.6 is 0 Å². The average molecular weight is 346 g/mol. The molecule has 1 aromatic rings. The van der Waals surface area contributed by atoms with Gasteiger partial charge in [0.15, 0.2) is 0 Å². The molecule has 5 nitrogen and oxygen atoms in total. The van der Waals surface area contributed by atoms with Crippen LogP contribution in [-0.2, 0) is 16.1 Å². The first-order valence-electron chi connectivity index (χ1n) is 9.42. The Morgan fingerprint density at radius 3 is 2.72 bits per heavy atom. The molecule has 1 saturated carbocycles. The maximum absolute atomic E-state index is 12.7. The van der Waals surface area contributed by atoms with Gasteiger partial charge in [-0.2, -0.15) is 0 Å². The second kappa shape index (κ2) is 8.79. The quantitative estimate of drug-likeness (QED) is 0.860. The molecule has 0 spiro atoms. The molecule has 0 bridgehead atoms. The summed E-state index contributed by atoms with van der Waals surface area (Å²) in [5.41, 5.74) is 1.83. The number of rotatable bonds is 6. The maximum Gasteiger partial charge on any atom is 0.251 e. The Hall–Kier alpha value is -1.43. The summed E-state index contributed by atoms with van der Waals surface area (Å²) in [6, 6.07) is 7.69. The number of carbonyl (C=O) groups excluding carboxylic acids is 1. The lowest BCUT2D eigenvalue weighted by atomic mass is 9.79. The molecule has 2 fully saturated rings. The lowest BCUT2D eigenvalue weighted by molar-refractivity contribution is -0.0361. The topological polar surface area (TPSA) is 50.8 Å².